The van der Waals surface area contributed by atoms with Gasteiger partial charge in [0.25, 0.3) is 0 Å². The van der Waals surface area contributed by atoms with Gasteiger partial charge >= 0.3 is 5.97 Å². The molecule has 19 heavy (non-hydrogen) atoms. The van der Waals surface area contributed by atoms with E-state index in [0.29, 0.717) is 18.0 Å². The molecule has 1 aromatic rings. The molecule has 1 aliphatic carbocycles. The lowest BCUT2D eigenvalue weighted by Crippen LogP contribution is -2.14. The van der Waals surface area contributed by atoms with E-state index in [1.54, 1.807) is 0 Å². The van der Waals surface area contributed by atoms with Crippen molar-refractivity contribution >= 4 is 5.97 Å². The predicted octanol–water partition coefficient (Wildman–Crippen LogP) is 3.60. The van der Waals surface area contributed by atoms with Crippen molar-refractivity contribution in [1.29, 1.82) is 0 Å². The van der Waals surface area contributed by atoms with E-state index in [4.69, 9.17) is 0 Å². The Morgan fingerprint density at radius 3 is 2.32 bits per heavy atom. The summed E-state index contributed by atoms with van der Waals surface area (Å²) in [5.41, 5.74) is 2.11. The van der Waals surface area contributed by atoms with Gasteiger partial charge in [0.1, 0.15) is 5.56 Å². The number of hydrogen-bond acceptors (Lipinski definition) is 2. The lowest BCUT2D eigenvalue weighted by Gasteiger charge is -2.17. The third-order valence-corrected chi connectivity index (χ3v) is 4.14. The van der Waals surface area contributed by atoms with Crippen LogP contribution >= 0.6 is 0 Å². The first-order valence-electron chi connectivity index (χ1n) is 7.52. The smallest absolute Gasteiger partial charge is 0.339 e. The van der Waals surface area contributed by atoms with E-state index in [1.165, 1.54) is 25.7 Å². The Labute approximate surface area is 114 Å². The van der Waals surface area contributed by atoms with Crippen LogP contribution in [0.1, 0.15) is 80.2 Å². The van der Waals surface area contributed by atoms with Crippen molar-refractivity contribution in [2.24, 2.45) is 0 Å². The number of aryl methyl sites for hydroxylation is 1. The lowest BCUT2D eigenvalue weighted by atomic mass is 10.1. The fourth-order valence-electron chi connectivity index (χ4n) is 3.16. The molecule has 2 rings (SSSR count). The SMILES string of the molecule is CCc1nn(C2CCCCCC2)c(CC)c1C(=O)O. The highest BCUT2D eigenvalue weighted by atomic mass is 16.4. The molecular formula is C15H24N2O2. The van der Waals surface area contributed by atoms with Gasteiger partial charge in [-0.15, -0.1) is 0 Å². The highest BCUT2D eigenvalue weighted by Crippen LogP contribution is 2.30. The zero-order valence-corrected chi connectivity index (χ0v) is 12.0. The molecule has 0 atom stereocenters. The maximum absolute atomic E-state index is 11.5. The zero-order chi connectivity index (χ0) is 13.8. The standard InChI is InChI=1S/C15H24N2O2/c1-3-12-14(15(18)19)13(4-2)17(16-12)11-9-7-5-6-8-10-11/h11H,3-10H2,1-2H3,(H,18,19). The van der Waals surface area contributed by atoms with Crippen LogP contribution in [0, 0.1) is 0 Å². The number of aromatic carboxylic acids is 1. The van der Waals surface area contributed by atoms with Crippen LogP contribution in [0.25, 0.3) is 0 Å². The minimum Gasteiger partial charge on any atom is -0.478 e. The van der Waals surface area contributed by atoms with E-state index in [-0.39, 0.29) is 0 Å². The van der Waals surface area contributed by atoms with Crippen LogP contribution < -0.4 is 0 Å². The Bertz CT molecular complexity index is 443. The molecule has 0 aromatic carbocycles. The molecule has 4 heteroatoms. The van der Waals surface area contributed by atoms with Gasteiger partial charge < -0.3 is 5.11 Å². The van der Waals surface area contributed by atoms with Crippen LogP contribution in [-0.2, 0) is 12.8 Å². The fraction of sp³-hybridized carbons (Fsp3) is 0.733. The first kappa shape index (κ1) is 14.1. The molecule has 106 valence electrons. The van der Waals surface area contributed by atoms with Crippen LogP contribution in [0.3, 0.4) is 0 Å². The molecule has 0 bridgehead atoms. The van der Waals surface area contributed by atoms with Crippen LogP contribution in [0.2, 0.25) is 0 Å². The van der Waals surface area contributed by atoms with Crippen molar-refractivity contribution in [3.8, 4) is 0 Å². The Balaban J connectivity index is 2.41. The summed E-state index contributed by atoms with van der Waals surface area (Å²) < 4.78 is 2.04. The summed E-state index contributed by atoms with van der Waals surface area (Å²) in [6.45, 7) is 4.00. The Hall–Kier alpha value is -1.32. The number of carbonyl (C=O) groups is 1. The summed E-state index contributed by atoms with van der Waals surface area (Å²) in [7, 11) is 0. The molecule has 0 aliphatic heterocycles. The highest BCUT2D eigenvalue weighted by molar-refractivity contribution is 5.90. The summed E-state index contributed by atoms with van der Waals surface area (Å²) in [6, 6.07) is 0.399. The molecule has 0 spiro atoms. The van der Waals surface area contributed by atoms with Gasteiger partial charge in [-0.3, -0.25) is 4.68 Å². The number of hydrogen-bond donors (Lipinski definition) is 1. The lowest BCUT2D eigenvalue weighted by molar-refractivity contribution is 0.0694. The van der Waals surface area contributed by atoms with Gasteiger partial charge in [-0.1, -0.05) is 39.5 Å². The maximum Gasteiger partial charge on any atom is 0.339 e. The van der Waals surface area contributed by atoms with E-state index in [1.807, 2.05) is 18.5 Å². The molecule has 1 aromatic heterocycles. The summed E-state index contributed by atoms with van der Waals surface area (Å²) in [5, 5.41) is 14.0. The van der Waals surface area contributed by atoms with Gasteiger partial charge in [0.2, 0.25) is 0 Å². The van der Waals surface area contributed by atoms with Crippen molar-refractivity contribution in [3.05, 3.63) is 17.0 Å². The van der Waals surface area contributed by atoms with Crippen LogP contribution in [-0.4, -0.2) is 20.9 Å². The molecule has 0 amide bonds. The molecule has 1 heterocycles. The van der Waals surface area contributed by atoms with Gasteiger partial charge in [-0.25, -0.2) is 4.79 Å². The number of carboxylic acids is 1. The minimum absolute atomic E-state index is 0.399. The van der Waals surface area contributed by atoms with Crippen molar-refractivity contribution in [1.82, 2.24) is 9.78 Å². The quantitative estimate of drug-likeness (QED) is 0.845. The Kier molecular flexibility index (Phi) is 4.61. The third kappa shape index (κ3) is 2.82. The molecule has 1 aliphatic rings. The average molecular weight is 264 g/mol. The van der Waals surface area contributed by atoms with Crippen LogP contribution in [0.4, 0.5) is 0 Å². The van der Waals surface area contributed by atoms with Crippen molar-refractivity contribution in [2.45, 2.75) is 71.3 Å². The largest absolute Gasteiger partial charge is 0.478 e. The third-order valence-electron chi connectivity index (χ3n) is 4.14. The average Bonchev–Trinajstić information content (AvgIpc) is 2.57. The van der Waals surface area contributed by atoms with Crippen molar-refractivity contribution < 1.29 is 9.90 Å². The summed E-state index contributed by atoms with van der Waals surface area (Å²) in [5.74, 6) is -0.825. The number of aromatic nitrogens is 2. The topological polar surface area (TPSA) is 55.1 Å². The zero-order valence-electron chi connectivity index (χ0n) is 12.0. The molecule has 0 radical (unpaired) electrons. The van der Waals surface area contributed by atoms with E-state index >= 15 is 0 Å². The monoisotopic (exact) mass is 264 g/mol. The second kappa shape index (κ2) is 6.22. The summed E-state index contributed by atoms with van der Waals surface area (Å²) in [4.78, 5) is 11.5. The fourth-order valence-corrected chi connectivity index (χ4v) is 3.16. The number of carboxylic acid groups (broad SMARTS) is 1. The van der Waals surface area contributed by atoms with E-state index in [9.17, 15) is 9.90 Å². The van der Waals surface area contributed by atoms with E-state index in [2.05, 4.69) is 5.10 Å². The van der Waals surface area contributed by atoms with Gasteiger partial charge in [0.15, 0.2) is 0 Å². The number of rotatable bonds is 4. The second-order valence-electron chi connectivity index (χ2n) is 5.37. The molecule has 1 N–H and O–H groups in total. The number of nitrogens with zero attached hydrogens (tertiary/aromatic N) is 2. The summed E-state index contributed by atoms with van der Waals surface area (Å²) >= 11 is 0. The summed E-state index contributed by atoms with van der Waals surface area (Å²) in [6.07, 6.45) is 8.76. The molecular weight excluding hydrogens is 240 g/mol. The van der Waals surface area contributed by atoms with Crippen LogP contribution in [0.5, 0.6) is 0 Å². The van der Waals surface area contributed by atoms with Gasteiger partial charge in [-0.05, 0) is 25.7 Å². The van der Waals surface area contributed by atoms with Gasteiger partial charge in [-0.2, -0.15) is 5.10 Å². The minimum atomic E-state index is -0.825. The first-order valence-corrected chi connectivity index (χ1v) is 7.52. The first-order chi connectivity index (χ1) is 9.19. The van der Waals surface area contributed by atoms with Gasteiger partial charge in [0.05, 0.1) is 17.4 Å². The molecule has 1 saturated carbocycles. The Morgan fingerprint density at radius 2 is 1.84 bits per heavy atom. The van der Waals surface area contributed by atoms with Gasteiger partial charge in [0, 0.05) is 0 Å². The Morgan fingerprint density at radius 1 is 1.21 bits per heavy atom. The van der Waals surface area contributed by atoms with E-state index < -0.39 is 5.97 Å². The van der Waals surface area contributed by atoms with Crippen molar-refractivity contribution in [2.75, 3.05) is 0 Å². The molecule has 0 saturated heterocycles. The second-order valence-corrected chi connectivity index (χ2v) is 5.37. The highest BCUT2D eigenvalue weighted by Gasteiger charge is 2.25. The predicted molar refractivity (Wildman–Crippen MR) is 74.7 cm³/mol. The van der Waals surface area contributed by atoms with E-state index in [0.717, 1.165) is 30.7 Å². The van der Waals surface area contributed by atoms with Crippen LogP contribution in [0.15, 0.2) is 0 Å². The maximum atomic E-state index is 11.5. The molecule has 4 nitrogen and oxygen atoms in total. The van der Waals surface area contributed by atoms with Crippen molar-refractivity contribution in [3.63, 3.8) is 0 Å². The normalized spacial score (nSPS) is 17.4. The molecule has 1 fully saturated rings. The molecule has 0 unspecified atom stereocenters.